The average Bonchev–Trinajstić information content (AvgIpc) is 3.71. The zero-order valence-electron chi connectivity index (χ0n) is 32.2. The van der Waals surface area contributed by atoms with Crippen molar-refractivity contribution in [2.75, 3.05) is 51.7 Å². The maximum absolute atomic E-state index is 13.0. The molecule has 1 aromatic carbocycles. The lowest BCUT2D eigenvalue weighted by molar-refractivity contribution is -0.124. The highest BCUT2D eigenvalue weighted by molar-refractivity contribution is 6.20. The van der Waals surface area contributed by atoms with Gasteiger partial charge >= 0.3 is 0 Å². The van der Waals surface area contributed by atoms with Gasteiger partial charge in [-0.05, 0) is 93.6 Å². The highest BCUT2D eigenvalue weighted by Crippen LogP contribution is 2.42. The third-order valence-electron chi connectivity index (χ3n) is 12.4. The Morgan fingerprint density at radius 1 is 1.06 bits per heavy atom. The molecule has 3 fully saturated rings. The fourth-order valence-corrected chi connectivity index (χ4v) is 9.63. The number of nitrogens with two attached hydrogens (primary N) is 1. The summed E-state index contributed by atoms with van der Waals surface area (Å²) in [5.74, 6) is 4.73. The molecule has 5 unspecified atom stereocenters. The molecule has 0 radical (unpaired) electrons. The van der Waals surface area contributed by atoms with Gasteiger partial charge in [0.1, 0.15) is 24.1 Å². The van der Waals surface area contributed by atoms with Crippen LogP contribution in [0.4, 0.5) is 5.69 Å². The Morgan fingerprint density at radius 2 is 1.79 bits per heavy atom. The molecule has 5 aliphatic rings. The predicted molar refractivity (Wildman–Crippen MR) is 209 cm³/mol. The van der Waals surface area contributed by atoms with Crippen LogP contribution in [0.5, 0.6) is 5.75 Å². The van der Waals surface area contributed by atoms with Gasteiger partial charge in [-0.25, -0.2) is 10.0 Å². The second-order valence-corrected chi connectivity index (χ2v) is 16.6. The number of benzene rings is 1. The molecular weight excluding hydrogens is 655 g/mol. The largest absolute Gasteiger partial charge is 0.495 e. The van der Waals surface area contributed by atoms with Crippen LogP contribution in [0, 0.1) is 35.5 Å². The molecule has 52 heavy (non-hydrogen) atoms. The molecule has 2 amide bonds. The number of amides is 2. The molecule has 2 saturated carbocycles. The van der Waals surface area contributed by atoms with Crippen LogP contribution < -0.4 is 21.1 Å². The number of carbonyl (C=O) groups excluding carboxylic acids is 2. The van der Waals surface area contributed by atoms with Crippen molar-refractivity contribution in [3.63, 3.8) is 0 Å². The molecule has 2 aliphatic carbocycles. The number of aliphatic imine (C=N–C) groups is 2. The maximum Gasteiger partial charge on any atom is 0.222 e. The summed E-state index contributed by atoms with van der Waals surface area (Å²) in [6.45, 7) is 15.1. The second-order valence-electron chi connectivity index (χ2n) is 16.6. The normalized spacial score (nSPS) is 30.1. The van der Waals surface area contributed by atoms with Crippen molar-refractivity contribution < 1.29 is 14.3 Å². The van der Waals surface area contributed by atoms with Crippen LogP contribution in [0.2, 0.25) is 0 Å². The molecule has 3 aliphatic heterocycles. The molecule has 0 aromatic heterocycles. The summed E-state index contributed by atoms with van der Waals surface area (Å²) in [4.78, 5) is 38.3. The standard InChI is InChI=1S/C40H63N9O3/c1-26(2)20-31-22-27(3)21-29(31)7-6-28(4)40(51)42-14-15-47-16-18-48(19-17-47)32-9-11-33(12-10-32)49-39-36(38(41)43-24-44-39)37(46-49)30-8-13-34(45-25-50)35(23-30)52-5/h8,13,23-29,31-33,36,38H,6-7,9-12,14-22,41H2,1-5H3,(H,42,51)(H,45,50)/t27?,28-,29?,31?,32?,33?,36?,38?/m0/s1. The average molecular weight is 718 g/mol. The number of hydrogen-bond donors (Lipinski definition) is 3. The highest BCUT2D eigenvalue weighted by Gasteiger charge is 2.44. The fraction of sp³-hybridized carbons (Fsp3) is 0.725. The van der Waals surface area contributed by atoms with Crippen molar-refractivity contribution >= 4 is 35.9 Å². The van der Waals surface area contributed by atoms with Gasteiger partial charge in [0, 0.05) is 56.8 Å². The first-order chi connectivity index (χ1) is 25.1. The third-order valence-corrected chi connectivity index (χ3v) is 12.4. The fourth-order valence-electron chi connectivity index (χ4n) is 9.63. The minimum absolute atomic E-state index is 0.0863. The number of piperazine rings is 1. The zero-order chi connectivity index (χ0) is 36.8. The molecule has 4 N–H and O–H groups in total. The number of hydrazone groups is 1. The van der Waals surface area contributed by atoms with E-state index in [4.69, 9.17) is 15.6 Å². The number of amidine groups is 1. The molecule has 0 spiro atoms. The van der Waals surface area contributed by atoms with Gasteiger partial charge in [0.05, 0.1) is 30.5 Å². The van der Waals surface area contributed by atoms with Crippen LogP contribution in [0.15, 0.2) is 33.3 Å². The predicted octanol–water partition coefficient (Wildman–Crippen LogP) is 4.79. The summed E-state index contributed by atoms with van der Waals surface area (Å²) < 4.78 is 5.55. The van der Waals surface area contributed by atoms with Crippen LogP contribution in [0.25, 0.3) is 0 Å². The Balaban J connectivity index is 0.936. The minimum atomic E-state index is -0.465. The minimum Gasteiger partial charge on any atom is -0.495 e. The van der Waals surface area contributed by atoms with Gasteiger partial charge in [-0.2, -0.15) is 5.10 Å². The van der Waals surface area contributed by atoms with Crippen molar-refractivity contribution in [1.82, 2.24) is 20.1 Å². The smallest absolute Gasteiger partial charge is 0.222 e. The lowest BCUT2D eigenvalue weighted by Crippen LogP contribution is -2.53. The Bertz CT molecular complexity index is 1460. The highest BCUT2D eigenvalue weighted by atomic mass is 16.5. The number of nitrogens with zero attached hydrogens (tertiary/aromatic N) is 6. The van der Waals surface area contributed by atoms with E-state index < -0.39 is 6.17 Å². The van der Waals surface area contributed by atoms with E-state index in [0.29, 0.717) is 23.9 Å². The SMILES string of the molecule is COc1cc(C2=NN(C3CCC(N4CCN(CCNC(=O)[C@@H](C)CCC5CC(C)CC5CC(C)C)CC4)CC3)C3=NC=NC(N)C23)ccc1NC=O. The lowest BCUT2D eigenvalue weighted by atomic mass is 9.84. The summed E-state index contributed by atoms with van der Waals surface area (Å²) in [5.41, 5.74) is 8.83. The first-order valence-corrected chi connectivity index (χ1v) is 20.0. The van der Waals surface area contributed by atoms with Crippen LogP contribution in [0.3, 0.4) is 0 Å². The van der Waals surface area contributed by atoms with Gasteiger partial charge in [0.25, 0.3) is 0 Å². The molecule has 12 nitrogen and oxygen atoms in total. The van der Waals surface area contributed by atoms with Crippen molar-refractivity contribution in [3.05, 3.63) is 23.8 Å². The number of fused-ring (bicyclic) bond motifs is 1. The van der Waals surface area contributed by atoms with Gasteiger partial charge < -0.3 is 21.1 Å². The number of nitrogens with one attached hydrogen (secondary N) is 2. The van der Waals surface area contributed by atoms with Crippen LogP contribution in [0.1, 0.15) is 91.0 Å². The van der Waals surface area contributed by atoms with E-state index in [9.17, 15) is 9.59 Å². The Kier molecular flexibility index (Phi) is 13.0. The summed E-state index contributed by atoms with van der Waals surface area (Å²) in [6.07, 6.45) is 12.3. The monoisotopic (exact) mass is 718 g/mol. The topological polar surface area (TPSA) is 140 Å². The molecular formula is C40H63N9O3. The van der Waals surface area contributed by atoms with Gasteiger partial charge in [-0.3, -0.25) is 24.4 Å². The summed E-state index contributed by atoms with van der Waals surface area (Å²) >= 11 is 0. The van der Waals surface area contributed by atoms with E-state index >= 15 is 0 Å². The molecule has 6 rings (SSSR count). The molecule has 1 aromatic rings. The molecule has 1 saturated heterocycles. The number of rotatable bonds is 15. The first-order valence-electron chi connectivity index (χ1n) is 20.0. The second kappa shape index (κ2) is 17.6. The third kappa shape index (κ3) is 9.05. The van der Waals surface area contributed by atoms with Crippen LogP contribution in [-0.4, -0.2) is 110 Å². The lowest BCUT2D eigenvalue weighted by Gasteiger charge is -2.43. The van der Waals surface area contributed by atoms with Gasteiger partial charge in [-0.15, -0.1) is 0 Å². The van der Waals surface area contributed by atoms with E-state index in [0.717, 1.165) is 112 Å². The van der Waals surface area contributed by atoms with Gasteiger partial charge in [0.2, 0.25) is 12.3 Å². The molecule has 286 valence electrons. The first kappa shape index (κ1) is 38.4. The van der Waals surface area contributed by atoms with Gasteiger partial charge in [-0.1, -0.05) is 33.8 Å². The van der Waals surface area contributed by atoms with E-state index in [2.05, 4.69) is 63.1 Å². The van der Waals surface area contributed by atoms with E-state index in [1.54, 1.807) is 13.4 Å². The van der Waals surface area contributed by atoms with Crippen LogP contribution in [-0.2, 0) is 9.59 Å². The quantitative estimate of drug-likeness (QED) is 0.222. The molecule has 6 atom stereocenters. The molecule has 3 heterocycles. The number of anilines is 1. The maximum atomic E-state index is 13.0. The number of carbonyl (C=O) groups is 2. The number of methoxy groups -OCH3 is 1. The van der Waals surface area contributed by atoms with Crippen molar-refractivity contribution in [2.24, 2.45) is 56.3 Å². The van der Waals surface area contributed by atoms with Crippen molar-refractivity contribution in [3.8, 4) is 5.75 Å². The summed E-state index contributed by atoms with van der Waals surface area (Å²) in [6, 6.07) is 6.48. The summed E-state index contributed by atoms with van der Waals surface area (Å²) in [5, 5.41) is 13.2. The summed E-state index contributed by atoms with van der Waals surface area (Å²) in [7, 11) is 1.58. The Labute approximate surface area is 311 Å². The number of hydrogen-bond acceptors (Lipinski definition) is 10. The van der Waals surface area contributed by atoms with Crippen molar-refractivity contribution in [1.29, 1.82) is 0 Å². The van der Waals surface area contributed by atoms with Crippen molar-refractivity contribution in [2.45, 2.75) is 104 Å². The van der Waals surface area contributed by atoms with E-state index in [1.165, 1.54) is 25.7 Å². The molecule has 12 heteroatoms. The van der Waals surface area contributed by atoms with E-state index in [-0.39, 0.29) is 23.8 Å². The van der Waals surface area contributed by atoms with E-state index in [1.807, 2.05) is 18.2 Å². The number of ether oxygens (including phenoxy) is 1. The Hall–Kier alpha value is -3.35. The molecule has 0 bridgehead atoms. The van der Waals surface area contributed by atoms with Gasteiger partial charge in [0.15, 0.2) is 0 Å². The Morgan fingerprint density at radius 3 is 2.50 bits per heavy atom. The zero-order valence-corrected chi connectivity index (χ0v) is 32.2. The van der Waals surface area contributed by atoms with Crippen LogP contribution >= 0.6 is 0 Å².